The fraction of sp³-hybridized carbons (Fsp3) is 0.320. The van der Waals surface area contributed by atoms with Crippen LogP contribution in [0.3, 0.4) is 0 Å². The lowest BCUT2D eigenvalue weighted by Gasteiger charge is -2.36. The first-order chi connectivity index (χ1) is 17.1. The minimum absolute atomic E-state index is 0.112. The van der Waals surface area contributed by atoms with Gasteiger partial charge < -0.3 is 24.8 Å². The average Bonchev–Trinajstić information content (AvgIpc) is 2.89. The van der Waals surface area contributed by atoms with Crippen molar-refractivity contribution in [3.05, 3.63) is 59.3 Å². The molecule has 1 saturated heterocycles. The number of piperazine rings is 1. The Morgan fingerprint density at radius 1 is 1.11 bits per heavy atom. The molecule has 0 amide bonds. The van der Waals surface area contributed by atoms with E-state index in [4.69, 9.17) is 15.9 Å². The van der Waals surface area contributed by atoms with E-state index >= 15 is 0 Å². The summed E-state index contributed by atoms with van der Waals surface area (Å²) in [5.41, 5.74) is 0.743. The number of benzene rings is 1. The lowest BCUT2D eigenvalue weighted by molar-refractivity contribution is 0.0663. The van der Waals surface area contributed by atoms with Crippen LogP contribution >= 0.6 is 15.9 Å². The zero-order chi connectivity index (χ0) is 24.5. The molecule has 0 radical (unpaired) electrons. The Morgan fingerprint density at radius 2 is 1.97 bits per heavy atom. The van der Waals surface area contributed by atoms with Gasteiger partial charge in [-0.2, -0.15) is 4.98 Å². The van der Waals surface area contributed by atoms with Crippen molar-refractivity contribution in [3.8, 4) is 24.0 Å². The molecule has 0 bridgehead atoms. The van der Waals surface area contributed by atoms with Crippen molar-refractivity contribution in [2.75, 3.05) is 56.2 Å². The standard InChI is InChI=1S/C25H27BrN6O3/c1-2-14-34-24-22(26)16-28-25(30-24)29-19-6-5-7-21(15-19)35-18-20(33)17-31-10-12-32(13-11-31)23-8-3-4-9-27-23/h1,3-9,15-16,20,33H,10-14,17-18H2,(H,28,29,30). The van der Waals surface area contributed by atoms with Crippen LogP contribution in [-0.2, 0) is 0 Å². The lowest BCUT2D eigenvalue weighted by Crippen LogP contribution is -2.49. The highest BCUT2D eigenvalue weighted by atomic mass is 79.9. The number of halogens is 1. The van der Waals surface area contributed by atoms with Crippen molar-refractivity contribution < 1.29 is 14.6 Å². The summed E-state index contributed by atoms with van der Waals surface area (Å²) in [4.78, 5) is 17.5. The number of aromatic nitrogens is 3. The van der Waals surface area contributed by atoms with Gasteiger partial charge in [0.05, 0.1) is 10.7 Å². The second kappa shape index (κ2) is 12.4. The van der Waals surface area contributed by atoms with Crippen LogP contribution in [0.1, 0.15) is 0 Å². The molecule has 1 unspecified atom stereocenters. The van der Waals surface area contributed by atoms with Gasteiger partial charge in [0.25, 0.3) is 0 Å². The highest BCUT2D eigenvalue weighted by molar-refractivity contribution is 9.10. The number of β-amino-alcohol motifs (C(OH)–C–C–N with tert-alkyl or cyclic N) is 1. The second-order valence-corrected chi connectivity index (χ2v) is 8.79. The molecule has 3 heterocycles. The maximum absolute atomic E-state index is 10.5. The van der Waals surface area contributed by atoms with E-state index in [0.29, 0.717) is 28.6 Å². The molecule has 0 saturated carbocycles. The second-order valence-electron chi connectivity index (χ2n) is 7.93. The van der Waals surface area contributed by atoms with E-state index in [2.05, 4.69) is 51.9 Å². The smallest absolute Gasteiger partial charge is 0.233 e. The lowest BCUT2D eigenvalue weighted by atomic mass is 10.2. The zero-order valence-electron chi connectivity index (χ0n) is 19.2. The molecule has 1 fully saturated rings. The zero-order valence-corrected chi connectivity index (χ0v) is 20.8. The van der Waals surface area contributed by atoms with Gasteiger partial charge in [0, 0.05) is 50.7 Å². The average molecular weight is 539 g/mol. The van der Waals surface area contributed by atoms with Crippen molar-refractivity contribution in [2.24, 2.45) is 0 Å². The molecule has 1 aliphatic rings. The number of aliphatic hydroxyl groups is 1. The Labute approximate surface area is 213 Å². The summed E-state index contributed by atoms with van der Waals surface area (Å²) in [6.45, 7) is 4.36. The monoisotopic (exact) mass is 538 g/mol. The Kier molecular flexibility index (Phi) is 8.73. The van der Waals surface area contributed by atoms with Crippen LogP contribution in [0.2, 0.25) is 0 Å². The van der Waals surface area contributed by atoms with Crippen molar-refractivity contribution >= 4 is 33.4 Å². The van der Waals surface area contributed by atoms with Crippen LogP contribution in [0.25, 0.3) is 0 Å². The SMILES string of the molecule is C#CCOc1nc(Nc2cccc(OCC(O)CN3CCN(c4ccccn4)CC3)c2)ncc1Br. The Bertz CT molecular complexity index is 1140. The van der Waals surface area contributed by atoms with E-state index in [-0.39, 0.29) is 13.2 Å². The summed E-state index contributed by atoms with van der Waals surface area (Å²) < 4.78 is 11.9. The fourth-order valence-corrected chi connectivity index (χ4v) is 3.96. The van der Waals surface area contributed by atoms with Crippen LogP contribution in [0, 0.1) is 12.3 Å². The molecule has 1 aromatic carbocycles. The third kappa shape index (κ3) is 7.29. The van der Waals surface area contributed by atoms with Crippen LogP contribution < -0.4 is 19.7 Å². The number of anilines is 3. The Balaban J connectivity index is 1.24. The maximum atomic E-state index is 10.5. The summed E-state index contributed by atoms with van der Waals surface area (Å²) in [6.07, 6.45) is 8.05. The minimum atomic E-state index is -0.598. The predicted octanol–water partition coefficient (Wildman–Crippen LogP) is 2.95. The predicted molar refractivity (Wildman–Crippen MR) is 138 cm³/mol. The number of hydrogen-bond acceptors (Lipinski definition) is 9. The quantitative estimate of drug-likeness (QED) is 0.377. The maximum Gasteiger partial charge on any atom is 0.233 e. The molecule has 3 aromatic rings. The third-order valence-electron chi connectivity index (χ3n) is 5.35. The van der Waals surface area contributed by atoms with Crippen LogP contribution in [-0.4, -0.2) is 77.0 Å². The van der Waals surface area contributed by atoms with E-state index in [0.717, 1.165) is 37.7 Å². The summed E-state index contributed by atoms with van der Waals surface area (Å²) in [5.74, 6) is 4.76. The highest BCUT2D eigenvalue weighted by Crippen LogP contribution is 2.25. The normalized spacial score (nSPS) is 14.7. The molecule has 182 valence electrons. The van der Waals surface area contributed by atoms with E-state index < -0.39 is 6.10 Å². The van der Waals surface area contributed by atoms with E-state index in [1.54, 1.807) is 6.20 Å². The van der Waals surface area contributed by atoms with Gasteiger partial charge in [0.15, 0.2) is 6.61 Å². The van der Waals surface area contributed by atoms with Crippen molar-refractivity contribution in [3.63, 3.8) is 0 Å². The first-order valence-electron chi connectivity index (χ1n) is 11.3. The van der Waals surface area contributed by atoms with Crippen molar-refractivity contribution in [2.45, 2.75) is 6.10 Å². The van der Waals surface area contributed by atoms with Gasteiger partial charge in [-0.1, -0.05) is 18.1 Å². The van der Waals surface area contributed by atoms with Gasteiger partial charge >= 0.3 is 0 Å². The first kappa shape index (κ1) is 24.7. The summed E-state index contributed by atoms with van der Waals surface area (Å²) >= 11 is 3.34. The van der Waals surface area contributed by atoms with Crippen LogP contribution in [0.5, 0.6) is 11.6 Å². The molecule has 2 N–H and O–H groups in total. The van der Waals surface area contributed by atoms with Gasteiger partial charge in [0.1, 0.15) is 24.3 Å². The highest BCUT2D eigenvalue weighted by Gasteiger charge is 2.20. The number of terminal acetylenes is 1. The largest absolute Gasteiger partial charge is 0.491 e. The Hall–Kier alpha value is -3.39. The van der Waals surface area contributed by atoms with Crippen molar-refractivity contribution in [1.29, 1.82) is 0 Å². The molecule has 0 spiro atoms. The molecule has 0 aliphatic carbocycles. The molecule has 4 rings (SSSR count). The molecule has 1 atom stereocenters. The summed E-state index contributed by atoms with van der Waals surface area (Å²) in [7, 11) is 0. The van der Waals surface area contributed by atoms with Gasteiger partial charge in [-0.15, -0.1) is 6.42 Å². The summed E-state index contributed by atoms with van der Waals surface area (Å²) in [6, 6.07) is 13.3. The molecule has 2 aromatic heterocycles. The van der Waals surface area contributed by atoms with Gasteiger partial charge in [-0.25, -0.2) is 9.97 Å². The number of nitrogens with one attached hydrogen (secondary N) is 1. The van der Waals surface area contributed by atoms with E-state index in [9.17, 15) is 5.11 Å². The van der Waals surface area contributed by atoms with E-state index in [1.807, 2.05) is 48.7 Å². The molecular formula is C25H27BrN6O3. The number of pyridine rings is 1. The van der Waals surface area contributed by atoms with Crippen LogP contribution in [0.15, 0.2) is 59.3 Å². The number of aliphatic hydroxyl groups excluding tert-OH is 1. The minimum Gasteiger partial charge on any atom is -0.491 e. The third-order valence-corrected chi connectivity index (χ3v) is 5.90. The van der Waals surface area contributed by atoms with Gasteiger partial charge in [0.2, 0.25) is 11.8 Å². The fourth-order valence-electron chi connectivity index (χ4n) is 3.66. The number of rotatable bonds is 10. The Morgan fingerprint density at radius 3 is 2.74 bits per heavy atom. The molecule has 9 nitrogen and oxygen atoms in total. The topological polar surface area (TPSA) is 95.9 Å². The molecule has 35 heavy (non-hydrogen) atoms. The molecule has 10 heteroatoms. The van der Waals surface area contributed by atoms with Crippen LogP contribution in [0.4, 0.5) is 17.5 Å². The summed E-state index contributed by atoms with van der Waals surface area (Å²) in [5, 5.41) is 13.6. The van der Waals surface area contributed by atoms with Gasteiger partial charge in [-0.05, 0) is 40.2 Å². The van der Waals surface area contributed by atoms with Crippen molar-refractivity contribution in [1.82, 2.24) is 19.9 Å². The number of hydrogen-bond donors (Lipinski definition) is 2. The molecule has 1 aliphatic heterocycles. The first-order valence-corrected chi connectivity index (χ1v) is 12.0. The number of nitrogens with zero attached hydrogens (tertiary/aromatic N) is 5. The van der Waals surface area contributed by atoms with E-state index in [1.165, 1.54) is 0 Å². The van der Waals surface area contributed by atoms with Gasteiger partial charge in [-0.3, -0.25) is 4.90 Å². The number of ether oxygens (including phenoxy) is 2. The molecular weight excluding hydrogens is 512 g/mol.